The molecule has 0 saturated heterocycles. The van der Waals surface area contributed by atoms with Crippen LogP contribution in [0.1, 0.15) is 37.0 Å². The standard InChI is InChI=1S/C19H18N6O2/c1-19(2,3)18-22-14-10-12(8-9-16(14)27-18)21-17(26)13-6-4-5-7-15(13)25-11-20-23-24-25/h4-11H,1-3H3,(H,21,26). The van der Waals surface area contributed by atoms with E-state index in [9.17, 15) is 4.79 Å². The second-order valence-electron chi connectivity index (χ2n) is 7.18. The number of hydrogen-bond donors (Lipinski definition) is 1. The van der Waals surface area contributed by atoms with Crippen LogP contribution in [0, 0.1) is 0 Å². The van der Waals surface area contributed by atoms with Crippen molar-refractivity contribution in [3.05, 3.63) is 60.2 Å². The van der Waals surface area contributed by atoms with Gasteiger partial charge in [0, 0.05) is 11.1 Å². The molecule has 0 bridgehead atoms. The molecule has 0 spiro atoms. The molecule has 0 aliphatic carbocycles. The van der Waals surface area contributed by atoms with Gasteiger partial charge in [-0.2, -0.15) is 4.68 Å². The predicted molar refractivity (Wildman–Crippen MR) is 99.8 cm³/mol. The topological polar surface area (TPSA) is 98.7 Å². The molecule has 2 aromatic carbocycles. The maximum Gasteiger partial charge on any atom is 0.257 e. The van der Waals surface area contributed by atoms with Crippen LogP contribution in [0.4, 0.5) is 5.69 Å². The van der Waals surface area contributed by atoms with Gasteiger partial charge < -0.3 is 9.73 Å². The minimum atomic E-state index is -0.264. The molecule has 0 atom stereocenters. The Balaban J connectivity index is 1.64. The molecule has 0 unspecified atom stereocenters. The van der Waals surface area contributed by atoms with Crippen LogP contribution in [-0.4, -0.2) is 31.1 Å². The summed E-state index contributed by atoms with van der Waals surface area (Å²) in [6, 6.07) is 12.5. The molecule has 4 aromatic rings. The highest BCUT2D eigenvalue weighted by atomic mass is 16.3. The number of nitrogens with one attached hydrogen (secondary N) is 1. The van der Waals surface area contributed by atoms with E-state index >= 15 is 0 Å². The van der Waals surface area contributed by atoms with E-state index in [1.807, 2.05) is 26.8 Å². The number of aromatic nitrogens is 5. The van der Waals surface area contributed by atoms with Crippen LogP contribution in [0.3, 0.4) is 0 Å². The van der Waals surface area contributed by atoms with E-state index in [-0.39, 0.29) is 11.3 Å². The Labute approximate surface area is 155 Å². The van der Waals surface area contributed by atoms with E-state index in [2.05, 4.69) is 25.8 Å². The molecule has 2 heterocycles. The lowest BCUT2D eigenvalue weighted by molar-refractivity contribution is 0.102. The van der Waals surface area contributed by atoms with Crippen molar-refractivity contribution >= 4 is 22.7 Å². The van der Waals surface area contributed by atoms with E-state index in [1.165, 1.54) is 11.0 Å². The smallest absolute Gasteiger partial charge is 0.257 e. The van der Waals surface area contributed by atoms with Gasteiger partial charge in [0.25, 0.3) is 5.91 Å². The van der Waals surface area contributed by atoms with Gasteiger partial charge in [-0.05, 0) is 40.8 Å². The van der Waals surface area contributed by atoms with E-state index in [4.69, 9.17) is 4.42 Å². The molecular weight excluding hydrogens is 344 g/mol. The highest BCUT2D eigenvalue weighted by molar-refractivity contribution is 6.07. The summed E-state index contributed by atoms with van der Waals surface area (Å²) >= 11 is 0. The van der Waals surface area contributed by atoms with Crippen LogP contribution >= 0.6 is 0 Å². The predicted octanol–water partition coefficient (Wildman–Crippen LogP) is 3.35. The number of fused-ring (bicyclic) bond motifs is 1. The van der Waals surface area contributed by atoms with Crippen molar-refractivity contribution < 1.29 is 9.21 Å². The molecule has 2 aromatic heterocycles. The lowest BCUT2D eigenvalue weighted by atomic mass is 9.97. The van der Waals surface area contributed by atoms with E-state index in [0.717, 1.165) is 0 Å². The molecule has 4 rings (SSSR count). The molecular formula is C19H18N6O2. The summed E-state index contributed by atoms with van der Waals surface area (Å²) in [5.41, 5.74) is 2.89. The normalized spacial score (nSPS) is 11.7. The number of oxazole rings is 1. The molecule has 8 heteroatoms. The highest BCUT2D eigenvalue weighted by Crippen LogP contribution is 2.27. The molecule has 0 saturated carbocycles. The van der Waals surface area contributed by atoms with Crippen molar-refractivity contribution in [3.63, 3.8) is 0 Å². The lowest BCUT2D eigenvalue weighted by Gasteiger charge is -2.11. The minimum absolute atomic E-state index is 0.187. The van der Waals surface area contributed by atoms with Crippen LogP contribution in [-0.2, 0) is 5.41 Å². The number of nitrogens with zero attached hydrogens (tertiary/aromatic N) is 5. The average molecular weight is 362 g/mol. The van der Waals surface area contributed by atoms with Gasteiger partial charge in [0.05, 0.1) is 11.3 Å². The van der Waals surface area contributed by atoms with Gasteiger partial charge in [-0.3, -0.25) is 4.79 Å². The molecule has 136 valence electrons. The largest absolute Gasteiger partial charge is 0.440 e. The van der Waals surface area contributed by atoms with E-state index < -0.39 is 0 Å². The Kier molecular flexibility index (Phi) is 3.95. The molecule has 8 nitrogen and oxygen atoms in total. The number of carbonyl (C=O) groups is 1. The summed E-state index contributed by atoms with van der Waals surface area (Å²) in [6.07, 6.45) is 1.45. The number of amides is 1. The molecule has 0 aliphatic heterocycles. The molecule has 1 amide bonds. The summed E-state index contributed by atoms with van der Waals surface area (Å²) in [7, 11) is 0. The number of benzene rings is 2. The van der Waals surface area contributed by atoms with Crippen molar-refractivity contribution in [2.75, 3.05) is 5.32 Å². The van der Waals surface area contributed by atoms with Crippen LogP contribution < -0.4 is 5.32 Å². The first-order chi connectivity index (χ1) is 12.9. The SMILES string of the molecule is CC(C)(C)c1nc2cc(NC(=O)c3ccccc3-n3cnnn3)ccc2o1. The van der Waals surface area contributed by atoms with Crippen molar-refractivity contribution in [1.82, 2.24) is 25.2 Å². The summed E-state index contributed by atoms with van der Waals surface area (Å²) < 4.78 is 7.25. The Morgan fingerprint density at radius 2 is 1.96 bits per heavy atom. The van der Waals surface area contributed by atoms with Crippen LogP contribution in [0.2, 0.25) is 0 Å². The summed E-state index contributed by atoms with van der Waals surface area (Å²) in [4.78, 5) is 17.3. The van der Waals surface area contributed by atoms with Gasteiger partial charge in [0.2, 0.25) is 5.89 Å². The Hall–Kier alpha value is -3.55. The Morgan fingerprint density at radius 1 is 1.15 bits per heavy atom. The van der Waals surface area contributed by atoms with Crippen molar-refractivity contribution in [2.24, 2.45) is 0 Å². The molecule has 0 fully saturated rings. The second-order valence-corrected chi connectivity index (χ2v) is 7.18. The average Bonchev–Trinajstić information content (AvgIpc) is 3.30. The lowest BCUT2D eigenvalue weighted by Crippen LogP contribution is -2.15. The second kappa shape index (κ2) is 6.31. The van der Waals surface area contributed by atoms with Gasteiger partial charge in [-0.25, -0.2) is 4.98 Å². The number of tetrazole rings is 1. The zero-order chi connectivity index (χ0) is 19.0. The maximum absolute atomic E-state index is 12.8. The van der Waals surface area contributed by atoms with Gasteiger partial charge in [0.15, 0.2) is 5.58 Å². The first-order valence-electron chi connectivity index (χ1n) is 8.46. The molecule has 1 N–H and O–H groups in total. The van der Waals surface area contributed by atoms with Gasteiger partial charge in [0.1, 0.15) is 11.8 Å². The maximum atomic E-state index is 12.8. The van der Waals surface area contributed by atoms with E-state index in [1.54, 1.807) is 36.4 Å². The summed E-state index contributed by atoms with van der Waals surface area (Å²) in [5, 5.41) is 14.0. The summed E-state index contributed by atoms with van der Waals surface area (Å²) in [5.74, 6) is 0.394. The fraction of sp³-hybridized carbons (Fsp3) is 0.211. The monoisotopic (exact) mass is 362 g/mol. The van der Waals surface area contributed by atoms with Crippen molar-refractivity contribution in [3.8, 4) is 5.69 Å². The molecule has 27 heavy (non-hydrogen) atoms. The zero-order valence-corrected chi connectivity index (χ0v) is 15.2. The van der Waals surface area contributed by atoms with E-state index in [0.29, 0.717) is 33.9 Å². The minimum Gasteiger partial charge on any atom is -0.440 e. The fourth-order valence-corrected chi connectivity index (χ4v) is 2.66. The third-order valence-electron chi connectivity index (χ3n) is 4.03. The Bertz CT molecular complexity index is 1110. The first kappa shape index (κ1) is 16.9. The van der Waals surface area contributed by atoms with Gasteiger partial charge >= 0.3 is 0 Å². The quantitative estimate of drug-likeness (QED) is 0.600. The van der Waals surface area contributed by atoms with Gasteiger partial charge in [-0.15, -0.1) is 5.10 Å². The van der Waals surface area contributed by atoms with Crippen molar-refractivity contribution in [2.45, 2.75) is 26.2 Å². The first-order valence-corrected chi connectivity index (χ1v) is 8.46. The van der Waals surface area contributed by atoms with Gasteiger partial charge in [-0.1, -0.05) is 32.9 Å². The zero-order valence-electron chi connectivity index (χ0n) is 15.2. The number of carbonyl (C=O) groups excluding carboxylic acids is 1. The summed E-state index contributed by atoms with van der Waals surface area (Å²) in [6.45, 7) is 6.11. The third-order valence-corrected chi connectivity index (χ3v) is 4.03. The van der Waals surface area contributed by atoms with Crippen molar-refractivity contribution in [1.29, 1.82) is 0 Å². The molecule has 0 radical (unpaired) electrons. The number of anilines is 1. The third kappa shape index (κ3) is 3.29. The van der Waals surface area contributed by atoms with Crippen LogP contribution in [0.5, 0.6) is 0 Å². The number of para-hydroxylation sites is 1. The van der Waals surface area contributed by atoms with Crippen LogP contribution in [0.15, 0.2) is 53.2 Å². The highest BCUT2D eigenvalue weighted by Gasteiger charge is 2.21. The number of rotatable bonds is 3. The number of hydrogen-bond acceptors (Lipinski definition) is 6. The fourth-order valence-electron chi connectivity index (χ4n) is 2.66. The van der Waals surface area contributed by atoms with Crippen LogP contribution in [0.25, 0.3) is 16.8 Å². The Morgan fingerprint density at radius 3 is 2.70 bits per heavy atom. The molecule has 0 aliphatic rings.